The van der Waals surface area contributed by atoms with Gasteiger partial charge < -0.3 is 9.84 Å². The van der Waals surface area contributed by atoms with Crippen molar-refractivity contribution in [1.29, 1.82) is 5.26 Å². The molecule has 0 bridgehead atoms. The number of benzene rings is 2. The van der Waals surface area contributed by atoms with E-state index in [1.165, 1.54) is 6.07 Å². The van der Waals surface area contributed by atoms with Crippen LogP contribution in [-0.4, -0.2) is 11.1 Å². The summed E-state index contributed by atoms with van der Waals surface area (Å²) >= 11 is 3.33. The number of carboxylic acid groups (broad SMARTS) is 1. The molecule has 0 aliphatic carbocycles. The van der Waals surface area contributed by atoms with E-state index in [0.29, 0.717) is 27.1 Å². The molecule has 0 saturated heterocycles. The van der Waals surface area contributed by atoms with E-state index < -0.39 is 5.97 Å². The molecular formula is C15H10BrNO3. The smallest absolute Gasteiger partial charge is 0.336 e. The van der Waals surface area contributed by atoms with Gasteiger partial charge in [0, 0.05) is 5.56 Å². The van der Waals surface area contributed by atoms with Gasteiger partial charge >= 0.3 is 5.97 Å². The molecule has 100 valence electrons. The van der Waals surface area contributed by atoms with E-state index in [1.807, 2.05) is 6.07 Å². The molecule has 0 saturated carbocycles. The Labute approximate surface area is 124 Å². The lowest BCUT2D eigenvalue weighted by atomic mass is 10.1. The molecule has 4 nitrogen and oxygen atoms in total. The average molecular weight is 332 g/mol. The van der Waals surface area contributed by atoms with Gasteiger partial charge in [-0.15, -0.1) is 0 Å². The normalized spacial score (nSPS) is 9.85. The van der Waals surface area contributed by atoms with E-state index in [2.05, 4.69) is 15.9 Å². The van der Waals surface area contributed by atoms with Gasteiger partial charge in [0.1, 0.15) is 11.5 Å². The Balaban J connectivity index is 2.38. The number of nitrogens with zero attached hydrogens (tertiary/aromatic N) is 1. The van der Waals surface area contributed by atoms with Gasteiger partial charge in [-0.1, -0.05) is 6.07 Å². The number of hydrogen-bond donors (Lipinski definition) is 1. The van der Waals surface area contributed by atoms with Crippen LogP contribution in [0.3, 0.4) is 0 Å². The van der Waals surface area contributed by atoms with Crippen LogP contribution in [0, 0.1) is 18.3 Å². The zero-order valence-corrected chi connectivity index (χ0v) is 12.1. The summed E-state index contributed by atoms with van der Waals surface area (Å²) in [4.78, 5) is 11.1. The second-order valence-electron chi connectivity index (χ2n) is 4.09. The van der Waals surface area contributed by atoms with Gasteiger partial charge in [0.25, 0.3) is 0 Å². The summed E-state index contributed by atoms with van der Waals surface area (Å²) in [5.41, 5.74) is 1.27. The number of hydrogen-bond acceptors (Lipinski definition) is 3. The molecular weight excluding hydrogens is 322 g/mol. The fourth-order valence-corrected chi connectivity index (χ4v) is 2.19. The Hall–Kier alpha value is -2.32. The fraction of sp³-hybridized carbons (Fsp3) is 0.0667. The zero-order chi connectivity index (χ0) is 14.7. The summed E-state index contributed by atoms with van der Waals surface area (Å²) in [5, 5.41) is 17.9. The van der Waals surface area contributed by atoms with Gasteiger partial charge in [0.05, 0.1) is 21.7 Å². The largest absolute Gasteiger partial charge is 0.478 e. The SMILES string of the molecule is Cc1c(Oc2ccc(C#N)cc2Br)cccc1C(=O)O. The summed E-state index contributed by atoms with van der Waals surface area (Å²) in [7, 11) is 0. The summed E-state index contributed by atoms with van der Waals surface area (Å²) in [6.45, 7) is 1.69. The van der Waals surface area contributed by atoms with Crippen LogP contribution in [0.5, 0.6) is 11.5 Å². The quantitative estimate of drug-likeness (QED) is 0.918. The van der Waals surface area contributed by atoms with Crippen LogP contribution in [0.4, 0.5) is 0 Å². The zero-order valence-electron chi connectivity index (χ0n) is 10.6. The minimum absolute atomic E-state index is 0.201. The molecule has 5 heteroatoms. The first-order chi connectivity index (χ1) is 9.52. The van der Waals surface area contributed by atoms with Gasteiger partial charge in [-0.05, 0) is 53.2 Å². The predicted molar refractivity (Wildman–Crippen MR) is 77.1 cm³/mol. The summed E-state index contributed by atoms with van der Waals surface area (Å²) in [5.74, 6) is -0.00297. The Bertz CT molecular complexity index is 720. The predicted octanol–water partition coefficient (Wildman–Crippen LogP) is 4.12. The topological polar surface area (TPSA) is 70.3 Å². The van der Waals surface area contributed by atoms with E-state index in [1.54, 1.807) is 37.3 Å². The van der Waals surface area contributed by atoms with Crippen molar-refractivity contribution < 1.29 is 14.6 Å². The van der Waals surface area contributed by atoms with Crippen molar-refractivity contribution in [2.24, 2.45) is 0 Å². The fourth-order valence-electron chi connectivity index (χ4n) is 1.73. The number of ether oxygens (including phenoxy) is 1. The molecule has 2 rings (SSSR count). The molecule has 0 heterocycles. The van der Waals surface area contributed by atoms with Crippen molar-refractivity contribution in [2.45, 2.75) is 6.92 Å². The van der Waals surface area contributed by atoms with Crippen LogP contribution in [0.15, 0.2) is 40.9 Å². The van der Waals surface area contributed by atoms with Crippen LogP contribution >= 0.6 is 15.9 Å². The van der Waals surface area contributed by atoms with Crippen LogP contribution in [-0.2, 0) is 0 Å². The third kappa shape index (κ3) is 2.81. The van der Waals surface area contributed by atoms with Gasteiger partial charge in [-0.2, -0.15) is 5.26 Å². The van der Waals surface area contributed by atoms with Gasteiger partial charge in [-0.25, -0.2) is 4.79 Å². The van der Waals surface area contributed by atoms with Gasteiger partial charge in [0.2, 0.25) is 0 Å². The molecule has 0 atom stereocenters. The highest BCUT2D eigenvalue weighted by Gasteiger charge is 2.12. The number of rotatable bonds is 3. The minimum atomic E-state index is -0.994. The van der Waals surface area contributed by atoms with Crippen molar-refractivity contribution in [2.75, 3.05) is 0 Å². The molecule has 0 aliphatic heterocycles. The maximum Gasteiger partial charge on any atom is 0.336 e. The monoisotopic (exact) mass is 331 g/mol. The molecule has 0 fully saturated rings. The van der Waals surface area contributed by atoms with Crippen LogP contribution < -0.4 is 4.74 Å². The Kier molecular flexibility index (Phi) is 4.06. The molecule has 20 heavy (non-hydrogen) atoms. The van der Waals surface area contributed by atoms with E-state index in [4.69, 9.17) is 15.1 Å². The Morgan fingerprint density at radius 2 is 2.05 bits per heavy atom. The third-order valence-corrected chi connectivity index (χ3v) is 3.42. The molecule has 0 aromatic heterocycles. The van der Waals surface area contributed by atoms with Gasteiger partial charge in [0.15, 0.2) is 0 Å². The van der Waals surface area contributed by atoms with Crippen molar-refractivity contribution in [3.8, 4) is 17.6 Å². The summed E-state index contributed by atoms with van der Waals surface area (Å²) < 4.78 is 6.35. The van der Waals surface area contributed by atoms with E-state index in [0.717, 1.165) is 0 Å². The lowest BCUT2D eigenvalue weighted by Crippen LogP contribution is -2.01. The highest BCUT2D eigenvalue weighted by Crippen LogP contribution is 2.32. The maximum atomic E-state index is 11.1. The molecule has 2 aromatic carbocycles. The van der Waals surface area contributed by atoms with Crippen LogP contribution in [0.25, 0.3) is 0 Å². The molecule has 0 amide bonds. The molecule has 0 aliphatic rings. The van der Waals surface area contributed by atoms with Crippen LogP contribution in [0.2, 0.25) is 0 Å². The Morgan fingerprint density at radius 1 is 1.30 bits per heavy atom. The molecule has 1 N–H and O–H groups in total. The lowest BCUT2D eigenvalue weighted by Gasteiger charge is -2.11. The standard InChI is InChI=1S/C15H10BrNO3/c1-9-11(15(18)19)3-2-4-13(9)20-14-6-5-10(8-17)7-12(14)16/h2-7H,1H3,(H,18,19). The molecule has 0 radical (unpaired) electrons. The number of nitriles is 1. The number of carbonyl (C=O) groups is 1. The van der Waals surface area contributed by atoms with Gasteiger partial charge in [-0.3, -0.25) is 0 Å². The molecule has 0 spiro atoms. The number of aromatic carboxylic acids is 1. The van der Waals surface area contributed by atoms with E-state index >= 15 is 0 Å². The first-order valence-electron chi connectivity index (χ1n) is 5.73. The van der Waals surface area contributed by atoms with E-state index in [-0.39, 0.29) is 5.56 Å². The first-order valence-corrected chi connectivity index (χ1v) is 6.52. The van der Waals surface area contributed by atoms with E-state index in [9.17, 15) is 4.79 Å². The van der Waals surface area contributed by atoms with Crippen molar-refractivity contribution in [3.63, 3.8) is 0 Å². The first kappa shape index (κ1) is 14.1. The number of carboxylic acids is 1. The van der Waals surface area contributed by atoms with Crippen molar-refractivity contribution >= 4 is 21.9 Å². The lowest BCUT2D eigenvalue weighted by molar-refractivity contribution is 0.0695. The summed E-state index contributed by atoms with van der Waals surface area (Å²) in [6.07, 6.45) is 0. The Morgan fingerprint density at radius 3 is 2.65 bits per heavy atom. The van der Waals surface area contributed by atoms with Crippen molar-refractivity contribution in [3.05, 3.63) is 57.6 Å². The number of halogens is 1. The highest BCUT2D eigenvalue weighted by molar-refractivity contribution is 9.10. The van der Waals surface area contributed by atoms with Crippen molar-refractivity contribution in [1.82, 2.24) is 0 Å². The highest BCUT2D eigenvalue weighted by atomic mass is 79.9. The third-order valence-electron chi connectivity index (χ3n) is 2.80. The maximum absolute atomic E-state index is 11.1. The average Bonchev–Trinajstić information content (AvgIpc) is 2.42. The molecule has 2 aromatic rings. The van der Waals surface area contributed by atoms with Crippen LogP contribution in [0.1, 0.15) is 21.5 Å². The second kappa shape index (κ2) is 5.76. The minimum Gasteiger partial charge on any atom is -0.478 e. The second-order valence-corrected chi connectivity index (χ2v) is 4.95. The molecule has 0 unspecified atom stereocenters. The summed E-state index contributed by atoms with van der Waals surface area (Å²) in [6, 6.07) is 11.8.